The van der Waals surface area contributed by atoms with Gasteiger partial charge in [-0.2, -0.15) is 18.3 Å². The minimum absolute atomic E-state index is 0.114. The highest BCUT2D eigenvalue weighted by Crippen LogP contribution is 2.57. The summed E-state index contributed by atoms with van der Waals surface area (Å²) in [6.45, 7) is 3.00. The largest absolute Gasteiger partial charge is 0.483 e. The molecule has 1 atom stereocenters. The second-order valence-corrected chi connectivity index (χ2v) is 7.88. The average molecular weight is 452 g/mol. The number of aliphatic hydroxyl groups is 2. The van der Waals surface area contributed by atoms with Gasteiger partial charge in [-0.1, -0.05) is 24.3 Å². The Morgan fingerprint density at radius 3 is 2.34 bits per heavy atom. The molecule has 10 heteroatoms. The van der Waals surface area contributed by atoms with Crippen LogP contribution in [0, 0.1) is 5.82 Å². The Morgan fingerprint density at radius 2 is 1.75 bits per heavy atom. The number of hydrogen-bond donors (Lipinski definition) is 3. The van der Waals surface area contributed by atoms with Gasteiger partial charge in [0.15, 0.2) is 0 Å². The van der Waals surface area contributed by atoms with E-state index in [0.29, 0.717) is 5.56 Å². The first kappa shape index (κ1) is 23.4. The van der Waals surface area contributed by atoms with Gasteiger partial charge < -0.3 is 15.3 Å². The molecule has 0 aliphatic heterocycles. The molecule has 0 fully saturated rings. The molecule has 6 nitrogen and oxygen atoms in total. The van der Waals surface area contributed by atoms with E-state index in [2.05, 4.69) is 5.10 Å². The third-order valence-corrected chi connectivity index (χ3v) is 5.39. The maximum absolute atomic E-state index is 14.4. The topological polar surface area (TPSA) is 95.6 Å². The fourth-order valence-electron chi connectivity index (χ4n) is 3.74. The van der Waals surface area contributed by atoms with E-state index in [1.807, 2.05) is 0 Å². The molecule has 0 amide bonds. The van der Waals surface area contributed by atoms with E-state index < -0.39 is 28.7 Å². The number of aromatic nitrogens is 2. The lowest BCUT2D eigenvalue weighted by Gasteiger charge is -2.28. The first-order chi connectivity index (χ1) is 14.9. The SMILES string of the molecule is CC(C)(CO)n1cc(-c2cc(F)cc3c2-c2ccccc2C3(O)C(F)(F)F)cn1.O=CO. The molecular formula is C22H20F4N2O4. The van der Waals surface area contributed by atoms with Crippen LogP contribution in [0.3, 0.4) is 0 Å². The Kier molecular flexibility index (Phi) is 5.88. The van der Waals surface area contributed by atoms with Crippen LogP contribution >= 0.6 is 0 Å². The summed E-state index contributed by atoms with van der Waals surface area (Å²) in [4.78, 5) is 8.36. The number of carboxylic acid groups (broad SMARTS) is 1. The zero-order chi connectivity index (χ0) is 23.9. The standard InChI is InChI=1S/C21H18F4N2O2.CH2O2/c1-19(2,11-28)27-10-12(9-26-27)15-7-13(22)8-17-18(15)14-5-3-4-6-16(14)20(17,29)21(23,24)25;2-1-3/h3-10,28-29H,11H2,1-2H3;1H,(H,2,3). The van der Waals surface area contributed by atoms with Crippen LogP contribution in [-0.2, 0) is 15.9 Å². The summed E-state index contributed by atoms with van der Waals surface area (Å²) in [6, 6.07) is 7.50. The first-order valence-corrected chi connectivity index (χ1v) is 9.39. The van der Waals surface area contributed by atoms with Crippen molar-refractivity contribution in [3.8, 4) is 22.3 Å². The Bertz CT molecular complexity index is 1160. The third-order valence-electron chi connectivity index (χ3n) is 5.39. The number of nitrogens with zero attached hydrogens (tertiary/aromatic N) is 2. The Morgan fingerprint density at radius 1 is 1.12 bits per heavy atom. The summed E-state index contributed by atoms with van der Waals surface area (Å²) in [5, 5.41) is 31.4. The molecule has 170 valence electrons. The van der Waals surface area contributed by atoms with Crippen molar-refractivity contribution in [3.05, 3.63) is 65.7 Å². The van der Waals surface area contributed by atoms with Crippen molar-refractivity contribution >= 4 is 6.47 Å². The first-order valence-electron chi connectivity index (χ1n) is 9.39. The van der Waals surface area contributed by atoms with Gasteiger partial charge in [-0.25, -0.2) is 4.39 Å². The van der Waals surface area contributed by atoms with Gasteiger partial charge in [0, 0.05) is 22.9 Å². The smallest absolute Gasteiger partial charge is 0.425 e. The number of alkyl halides is 3. The molecule has 0 bridgehead atoms. The lowest BCUT2D eigenvalue weighted by atomic mass is 9.89. The van der Waals surface area contributed by atoms with Crippen molar-refractivity contribution in [2.75, 3.05) is 6.61 Å². The van der Waals surface area contributed by atoms with Gasteiger partial charge in [-0.3, -0.25) is 9.48 Å². The van der Waals surface area contributed by atoms with Gasteiger partial charge in [-0.15, -0.1) is 0 Å². The van der Waals surface area contributed by atoms with Crippen LogP contribution in [0.1, 0.15) is 25.0 Å². The van der Waals surface area contributed by atoms with E-state index in [0.717, 1.165) is 12.1 Å². The van der Waals surface area contributed by atoms with E-state index in [1.54, 1.807) is 26.1 Å². The molecule has 3 aromatic rings. The van der Waals surface area contributed by atoms with Gasteiger partial charge in [0.05, 0.1) is 18.3 Å². The molecule has 1 aliphatic carbocycles. The van der Waals surface area contributed by atoms with Gasteiger partial charge in [-0.05, 0) is 42.7 Å². The monoisotopic (exact) mass is 452 g/mol. The van der Waals surface area contributed by atoms with Gasteiger partial charge in [0.2, 0.25) is 5.60 Å². The molecule has 4 rings (SSSR count). The van der Waals surface area contributed by atoms with Gasteiger partial charge in [0.25, 0.3) is 6.47 Å². The molecule has 1 unspecified atom stereocenters. The molecule has 1 heterocycles. The normalized spacial score (nSPS) is 17.2. The number of halogens is 4. The third kappa shape index (κ3) is 3.55. The van der Waals surface area contributed by atoms with Gasteiger partial charge in [0.1, 0.15) is 5.82 Å². The summed E-state index contributed by atoms with van der Waals surface area (Å²) >= 11 is 0. The summed E-state index contributed by atoms with van der Waals surface area (Å²) in [6.07, 6.45) is -2.10. The minimum Gasteiger partial charge on any atom is -0.483 e. The minimum atomic E-state index is -5.04. The number of benzene rings is 2. The number of aliphatic hydroxyl groups excluding tert-OH is 1. The van der Waals surface area contributed by atoms with Crippen molar-refractivity contribution in [2.45, 2.75) is 31.2 Å². The number of carbonyl (C=O) groups is 1. The van der Waals surface area contributed by atoms with Crippen LogP contribution < -0.4 is 0 Å². The number of rotatable bonds is 3. The summed E-state index contributed by atoms with van der Waals surface area (Å²) in [5.41, 5.74) is -4.08. The fraction of sp³-hybridized carbons (Fsp3) is 0.273. The maximum atomic E-state index is 14.4. The highest BCUT2D eigenvalue weighted by atomic mass is 19.4. The average Bonchev–Trinajstić information content (AvgIpc) is 3.32. The van der Waals surface area contributed by atoms with E-state index in [-0.39, 0.29) is 35.3 Å². The molecule has 2 aromatic carbocycles. The predicted octanol–water partition coefficient (Wildman–Crippen LogP) is 3.90. The fourth-order valence-corrected chi connectivity index (χ4v) is 3.74. The molecule has 1 aromatic heterocycles. The van der Waals surface area contributed by atoms with Crippen LogP contribution in [0.5, 0.6) is 0 Å². The molecular weight excluding hydrogens is 432 g/mol. The summed E-state index contributed by atoms with van der Waals surface area (Å²) < 4.78 is 57.8. The van der Waals surface area contributed by atoms with Crippen LogP contribution in [0.4, 0.5) is 17.6 Å². The molecule has 0 spiro atoms. The Hall–Kier alpha value is -3.24. The second kappa shape index (κ2) is 8.03. The Balaban J connectivity index is 0.000000913. The van der Waals surface area contributed by atoms with E-state index in [9.17, 15) is 27.8 Å². The van der Waals surface area contributed by atoms with Crippen molar-refractivity contribution in [2.24, 2.45) is 0 Å². The maximum Gasteiger partial charge on any atom is 0.425 e. The number of hydrogen-bond acceptors (Lipinski definition) is 4. The second-order valence-electron chi connectivity index (χ2n) is 7.88. The van der Waals surface area contributed by atoms with Gasteiger partial charge >= 0.3 is 6.18 Å². The van der Waals surface area contributed by atoms with Crippen LogP contribution in [0.15, 0.2) is 48.8 Å². The van der Waals surface area contributed by atoms with E-state index >= 15 is 0 Å². The van der Waals surface area contributed by atoms with Crippen LogP contribution in [0.25, 0.3) is 22.3 Å². The molecule has 0 radical (unpaired) electrons. The highest BCUT2D eigenvalue weighted by molar-refractivity contribution is 5.92. The van der Waals surface area contributed by atoms with Crippen LogP contribution in [-0.4, -0.2) is 44.4 Å². The van der Waals surface area contributed by atoms with E-state index in [1.165, 1.54) is 29.1 Å². The van der Waals surface area contributed by atoms with Crippen LogP contribution in [0.2, 0.25) is 0 Å². The van der Waals surface area contributed by atoms with E-state index in [4.69, 9.17) is 9.90 Å². The molecule has 0 saturated carbocycles. The zero-order valence-electron chi connectivity index (χ0n) is 17.1. The highest BCUT2D eigenvalue weighted by Gasteiger charge is 2.61. The molecule has 3 N–H and O–H groups in total. The Labute approximate surface area is 180 Å². The van der Waals surface area contributed by atoms with Crippen molar-refractivity contribution in [3.63, 3.8) is 0 Å². The molecule has 32 heavy (non-hydrogen) atoms. The quantitative estimate of drug-likeness (QED) is 0.414. The number of fused-ring (bicyclic) bond motifs is 3. The summed E-state index contributed by atoms with van der Waals surface area (Å²) in [5.74, 6) is -0.900. The lowest BCUT2D eigenvalue weighted by molar-refractivity contribution is -0.246. The lowest BCUT2D eigenvalue weighted by Crippen LogP contribution is -2.41. The molecule has 1 aliphatic rings. The predicted molar refractivity (Wildman–Crippen MR) is 107 cm³/mol. The zero-order valence-corrected chi connectivity index (χ0v) is 17.1. The van der Waals surface area contributed by atoms with Crippen molar-refractivity contribution in [1.29, 1.82) is 0 Å². The van der Waals surface area contributed by atoms with Crippen molar-refractivity contribution in [1.82, 2.24) is 9.78 Å². The molecule has 0 saturated heterocycles. The van der Waals surface area contributed by atoms with Crippen molar-refractivity contribution < 1.29 is 37.7 Å². The summed E-state index contributed by atoms with van der Waals surface area (Å²) in [7, 11) is 0.